The molecule has 0 spiro atoms. The number of hydrogen-bond acceptors (Lipinski definition) is 2. The number of carbonyl (C=O) groups excluding carboxylic acids is 1. The molecule has 2 N–H and O–H groups in total. The van der Waals surface area contributed by atoms with Gasteiger partial charge in [-0.3, -0.25) is 4.79 Å². The third-order valence-corrected chi connectivity index (χ3v) is 1.68. The fraction of sp³-hybridized carbons (Fsp3) is 0.0909. The zero-order valence-corrected chi connectivity index (χ0v) is 8.23. The Bertz CT molecular complexity index is 410. The summed E-state index contributed by atoms with van der Waals surface area (Å²) in [7, 11) is 0. The highest BCUT2D eigenvalue weighted by Gasteiger charge is 2.00. The van der Waals surface area contributed by atoms with Crippen molar-refractivity contribution < 1.29 is 14.7 Å². The molecule has 0 saturated heterocycles. The minimum Gasteiger partial charge on any atom is -0.478 e. The largest absolute Gasteiger partial charge is 0.478 e. The molecule has 0 atom stereocenters. The second-order valence-electron chi connectivity index (χ2n) is 2.94. The topological polar surface area (TPSA) is 66.4 Å². The lowest BCUT2D eigenvalue weighted by Gasteiger charge is -2.05. The fourth-order valence-corrected chi connectivity index (χ4v) is 1.11. The van der Waals surface area contributed by atoms with Gasteiger partial charge in [0.05, 0.1) is 0 Å². The first-order valence-corrected chi connectivity index (χ1v) is 4.37. The van der Waals surface area contributed by atoms with Gasteiger partial charge >= 0.3 is 5.97 Å². The lowest BCUT2D eigenvalue weighted by Crippen LogP contribution is -2.06. The molecule has 0 aromatic heterocycles. The predicted molar refractivity (Wildman–Crippen MR) is 57.4 cm³/mol. The summed E-state index contributed by atoms with van der Waals surface area (Å²) >= 11 is 0. The molecule has 1 amide bonds. The van der Waals surface area contributed by atoms with Crippen LogP contribution in [0.15, 0.2) is 30.3 Å². The first-order chi connectivity index (χ1) is 7.09. The molecule has 0 heterocycles. The smallest absolute Gasteiger partial charge is 0.328 e. The fourth-order valence-electron chi connectivity index (χ4n) is 1.11. The maximum absolute atomic E-state index is 10.9. The molecule has 0 aliphatic heterocycles. The lowest BCUT2D eigenvalue weighted by atomic mass is 10.1. The minimum atomic E-state index is -1.02. The maximum atomic E-state index is 10.9. The standard InChI is InChI=1S/C11H11NO3/c1-8(13)12-10-5-3-2-4-9(10)6-7-11(14)15/h2-7H,1H3,(H,12,13)(H,14,15). The summed E-state index contributed by atoms with van der Waals surface area (Å²) < 4.78 is 0. The van der Waals surface area contributed by atoms with Crippen LogP contribution in [0, 0.1) is 0 Å². The van der Waals surface area contributed by atoms with Gasteiger partial charge in [-0.15, -0.1) is 0 Å². The summed E-state index contributed by atoms with van der Waals surface area (Å²) in [5, 5.41) is 11.1. The van der Waals surface area contributed by atoms with Gasteiger partial charge in [0.2, 0.25) is 5.91 Å². The van der Waals surface area contributed by atoms with Gasteiger partial charge in [-0.2, -0.15) is 0 Å². The van der Waals surface area contributed by atoms with Crippen LogP contribution in [0.1, 0.15) is 12.5 Å². The maximum Gasteiger partial charge on any atom is 0.328 e. The molecule has 4 heteroatoms. The number of benzene rings is 1. The molecule has 0 radical (unpaired) electrons. The van der Waals surface area contributed by atoms with Gasteiger partial charge in [-0.1, -0.05) is 18.2 Å². The van der Waals surface area contributed by atoms with E-state index in [1.54, 1.807) is 24.3 Å². The summed E-state index contributed by atoms with van der Waals surface area (Å²) in [5.41, 5.74) is 1.26. The number of hydrogen-bond donors (Lipinski definition) is 2. The van der Waals surface area contributed by atoms with Crippen LogP contribution in [0.2, 0.25) is 0 Å². The van der Waals surface area contributed by atoms with E-state index in [0.717, 1.165) is 6.08 Å². The Kier molecular flexibility index (Phi) is 3.62. The summed E-state index contributed by atoms with van der Waals surface area (Å²) in [6.45, 7) is 1.40. The lowest BCUT2D eigenvalue weighted by molar-refractivity contribution is -0.131. The zero-order chi connectivity index (χ0) is 11.3. The van der Waals surface area contributed by atoms with E-state index in [1.165, 1.54) is 13.0 Å². The van der Waals surface area contributed by atoms with Crippen molar-refractivity contribution in [2.24, 2.45) is 0 Å². The molecule has 0 fully saturated rings. The Labute approximate surface area is 87.2 Å². The summed E-state index contributed by atoms with van der Waals surface area (Å²) in [6, 6.07) is 6.98. The zero-order valence-electron chi connectivity index (χ0n) is 8.23. The van der Waals surface area contributed by atoms with E-state index in [0.29, 0.717) is 11.3 Å². The molecule has 1 rings (SSSR count). The van der Waals surface area contributed by atoms with Gasteiger partial charge in [0.25, 0.3) is 0 Å². The predicted octanol–water partition coefficient (Wildman–Crippen LogP) is 1.74. The van der Waals surface area contributed by atoms with Gasteiger partial charge in [0, 0.05) is 18.7 Å². The molecule has 1 aromatic carbocycles. The Morgan fingerprint density at radius 1 is 1.33 bits per heavy atom. The van der Waals surface area contributed by atoms with Crippen molar-refractivity contribution in [1.82, 2.24) is 0 Å². The van der Waals surface area contributed by atoms with Crippen molar-refractivity contribution in [1.29, 1.82) is 0 Å². The highest BCUT2D eigenvalue weighted by molar-refractivity contribution is 5.93. The number of carboxylic acids is 1. The average molecular weight is 205 g/mol. The third kappa shape index (κ3) is 3.64. The molecule has 78 valence electrons. The van der Waals surface area contributed by atoms with Crippen LogP contribution in [0.4, 0.5) is 5.69 Å². The van der Waals surface area contributed by atoms with E-state index in [2.05, 4.69) is 5.32 Å². The van der Waals surface area contributed by atoms with Crippen LogP contribution in [0.25, 0.3) is 6.08 Å². The molecule has 0 bridgehead atoms. The third-order valence-electron chi connectivity index (χ3n) is 1.68. The summed E-state index contributed by atoms with van der Waals surface area (Å²) in [4.78, 5) is 21.2. The Morgan fingerprint density at radius 2 is 2.00 bits per heavy atom. The summed E-state index contributed by atoms with van der Waals surface area (Å²) in [6.07, 6.45) is 2.47. The van der Waals surface area contributed by atoms with Gasteiger partial charge < -0.3 is 10.4 Å². The molecular weight excluding hydrogens is 194 g/mol. The highest BCUT2D eigenvalue weighted by atomic mass is 16.4. The Hall–Kier alpha value is -2.10. The van der Waals surface area contributed by atoms with Crippen LogP contribution in [-0.2, 0) is 9.59 Å². The number of para-hydroxylation sites is 1. The van der Waals surface area contributed by atoms with E-state index in [4.69, 9.17) is 5.11 Å². The Morgan fingerprint density at radius 3 is 2.60 bits per heavy atom. The first-order valence-electron chi connectivity index (χ1n) is 4.37. The van der Waals surface area contributed by atoms with Crippen molar-refractivity contribution >= 4 is 23.6 Å². The second kappa shape index (κ2) is 4.95. The van der Waals surface area contributed by atoms with Gasteiger partial charge in [-0.25, -0.2) is 4.79 Å². The van der Waals surface area contributed by atoms with Crippen molar-refractivity contribution in [3.05, 3.63) is 35.9 Å². The number of carboxylic acid groups (broad SMARTS) is 1. The van der Waals surface area contributed by atoms with Gasteiger partial charge in [0.1, 0.15) is 0 Å². The van der Waals surface area contributed by atoms with Crippen LogP contribution in [-0.4, -0.2) is 17.0 Å². The van der Waals surface area contributed by atoms with Crippen LogP contribution in [0.3, 0.4) is 0 Å². The molecule has 0 saturated carbocycles. The van der Waals surface area contributed by atoms with Crippen molar-refractivity contribution in [2.45, 2.75) is 6.92 Å². The molecule has 0 aliphatic carbocycles. The number of aliphatic carboxylic acids is 1. The van der Waals surface area contributed by atoms with Crippen LogP contribution < -0.4 is 5.32 Å². The average Bonchev–Trinajstić information content (AvgIpc) is 2.15. The Balaban J connectivity index is 2.95. The van der Waals surface area contributed by atoms with Gasteiger partial charge in [0.15, 0.2) is 0 Å². The molecule has 0 aliphatic rings. The van der Waals surface area contributed by atoms with E-state index in [1.807, 2.05) is 0 Å². The monoisotopic (exact) mass is 205 g/mol. The number of nitrogens with one attached hydrogen (secondary N) is 1. The second-order valence-corrected chi connectivity index (χ2v) is 2.94. The molecule has 0 unspecified atom stereocenters. The van der Waals surface area contributed by atoms with E-state index in [-0.39, 0.29) is 5.91 Å². The van der Waals surface area contributed by atoms with Crippen molar-refractivity contribution in [3.63, 3.8) is 0 Å². The first kappa shape index (κ1) is 11.0. The highest BCUT2D eigenvalue weighted by Crippen LogP contribution is 2.16. The van der Waals surface area contributed by atoms with Crippen molar-refractivity contribution in [3.8, 4) is 0 Å². The minimum absolute atomic E-state index is 0.189. The van der Waals surface area contributed by atoms with E-state index < -0.39 is 5.97 Å². The molecular formula is C11H11NO3. The number of amides is 1. The molecule has 4 nitrogen and oxygen atoms in total. The van der Waals surface area contributed by atoms with E-state index in [9.17, 15) is 9.59 Å². The number of carbonyl (C=O) groups is 2. The number of rotatable bonds is 3. The molecule has 1 aromatic rings. The van der Waals surface area contributed by atoms with E-state index >= 15 is 0 Å². The molecule has 15 heavy (non-hydrogen) atoms. The van der Waals surface area contributed by atoms with Crippen LogP contribution in [0.5, 0.6) is 0 Å². The normalized spacial score (nSPS) is 10.2. The number of anilines is 1. The van der Waals surface area contributed by atoms with Crippen LogP contribution >= 0.6 is 0 Å². The quantitative estimate of drug-likeness (QED) is 0.738. The van der Waals surface area contributed by atoms with Crippen molar-refractivity contribution in [2.75, 3.05) is 5.32 Å². The SMILES string of the molecule is CC(=O)Nc1ccccc1C=CC(=O)O. The summed E-state index contributed by atoms with van der Waals surface area (Å²) in [5.74, 6) is -1.21. The van der Waals surface area contributed by atoms with Gasteiger partial charge in [-0.05, 0) is 17.7 Å².